The molecule has 32 heavy (non-hydrogen) atoms. The second-order valence-corrected chi connectivity index (χ2v) is 8.46. The number of anilines is 1. The SMILES string of the molecule is O=C(c1ccccc1)N1CCN(c2ncnc3c2cnn3Cc2ccc(Cl)cc2Cl)CC1. The van der Waals surface area contributed by atoms with Gasteiger partial charge in [-0.3, -0.25) is 4.79 Å². The number of hydrogen-bond donors (Lipinski definition) is 0. The van der Waals surface area contributed by atoms with Crippen molar-refractivity contribution in [1.82, 2.24) is 24.6 Å². The Morgan fingerprint density at radius 3 is 2.50 bits per heavy atom. The van der Waals surface area contributed by atoms with Crippen molar-refractivity contribution in [2.75, 3.05) is 31.1 Å². The minimum Gasteiger partial charge on any atom is -0.352 e. The highest BCUT2D eigenvalue weighted by atomic mass is 35.5. The second-order valence-electron chi connectivity index (χ2n) is 7.62. The van der Waals surface area contributed by atoms with Crippen molar-refractivity contribution in [3.8, 4) is 0 Å². The molecule has 7 nitrogen and oxygen atoms in total. The summed E-state index contributed by atoms with van der Waals surface area (Å²) in [5.41, 5.74) is 2.37. The topological polar surface area (TPSA) is 67.2 Å². The van der Waals surface area contributed by atoms with Gasteiger partial charge in [-0.2, -0.15) is 5.10 Å². The van der Waals surface area contributed by atoms with Crippen molar-refractivity contribution < 1.29 is 4.79 Å². The number of fused-ring (bicyclic) bond motifs is 1. The van der Waals surface area contributed by atoms with Crippen molar-refractivity contribution in [2.24, 2.45) is 0 Å². The molecule has 1 saturated heterocycles. The fourth-order valence-electron chi connectivity index (χ4n) is 3.94. The number of aromatic nitrogens is 4. The van der Waals surface area contributed by atoms with Gasteiger partial charge in [-0.15, -0.1) is 0 Å². The Morgan fingerprint density at radius 2 is 1.75 bits per heavy atom. The number of benzene rings is 2. The molecule has 0 atom stereocenters. The van der Waals surface area contributed by atoms with E-state index in [4.69, 9.17) is 23.2 Å². The van der Waals surface area contributed by atoms with Gasteiger partial charge in [-0.05, 0) is 29.8 Å². The Balaban J connectivity index is 1.34. The largest absolute Gasteiger partial charge is 0.352 e. The highest BCUT2D eigenvalue weighted by Crippen LogP contribution is 2.26. The molecular formula is C23H20Cl2N6O. The third kappa shape index (κ3) is 4.01. The summed E-state index contributed by atoms with van der Waals surface area (Å²) in [5.74, 6) is 0.890. The number of carbonyl (C=O) groups is 1. The van der Waals surface area contributed by atoms with Crippen LogP contribution in [0.5, 0.6) is 0 Å². The van der Waals surface area contributed by atoms with Crippen LogP contribution in [-0.4, -0.2) is 56.7 Å². The zero-order valence-electron chi connectivity index (χ0n) is 17.2. The Hall–Kier alpha value is -3.16. The van der Waals surface area contributed by atoms with E-state index in [1.807, 2.05) is 52.0 Å². The van der Waals surface area contributed by atoms with Crippen LogP contribution in [0.4, 0.5) is 5.82 Å². The third-order valence-electron chi connectivity index (χ3n) is 5.63. The molecule has 0 N–H and O–H groups in total. The number of halogens is 2. The average Bonchev–Trinajstić information content (AvgIpc) is 3.24. The first kappa shape index (κ1) is 20.7. The van der Waals surface area contributed by atoms with Crippen LogP contribution in [-0.2, 0) is 6.54 Å². The number of carbonyl (C=O) groups excluding carboxylic acids is 1. The molecule has 3 heterocycles. The molecule has 0 bridgehead atoms. The molecule has 0 unspecified atom stereocenters. The van der Waals surface area contributed by atoms with Crippen molar-refractivity contribution in [3.63, 3.8) is 0 Å². The van der Waals surface area contributed by atoms with Gasteiger partial charge in [0.15, 0.2) is 5.65 Å². The fraction of sp³-hybridized carbons (Fsp3) is 0.217. The lowest BCUT2D eigenvalue weighted by atomic mass is 10.2. The minimum absolute atomic E-state index is 0.0609. The van der Waals surface area contributed by atoms with E-state index in [1.54, 1.807) is 18.6 Å². The van der Waals surface area contributed by atoms with E-state index < -0.39 is 0 Å². The summed E-state index contributed by atoms with van der Waals surface area (Å²) < 4.78 is 1.81. The highest BCUT2D eigenvalue weighted by Gasteiger charge is 2.24. The van der Waals surface area contributed by atoms with E-state index in [0.29, 0.717) is 48.3 Å². The van der Waals surface area contributed by atoms with Crippen molar-refractivity contribution in [1.29, 1.82) is 0 Å². The highest BCUT2D eigenvalue weighted by molar-refractivity contribution is 6.35. The number of piperazine rings is 1. The van der Waals surface area contributed by atoms with Gasteiger partial charge in [0.25, 0.3) is 5.91 Å². The fourth-order valence-corrected chi connectivity index (χ4v) is 4.41. The van der Waals surface area contributed by atoms with E-state index in [9.17, 15) is 4.79 Å². The smallest absolute Gasteiger partial charge is 0.253 e. The second kappa shape index (κ2) is 8.76. The Labute approximate surface area is 195 Å². The summed E-state index contributed by atoms with van der Waals surface area (Å²) in [6.07, 6.45) is 3.34. The quantitative estimate of drug-likeness (QED) is 0.451. The van der Waals surface area contributed by atoms with Crippen LogP contribution >= 0.6 is 23.2 Å². The average molecular weight is 467 g/mol. The summed E-state index contributed by atoms with van der Waals surface area (Å²) in [5, 5.41) is 6.59. The summed E-state index contributed by atoms with van der Waals surface area (Å²) in [6, 6.07) is 14.8. The van der Waals surface area contributed by atoms with E-state index in [0.717, 1.165) is 22.4 Å². The molecular weight excluding hydrogens is 447 g/mol. The number of hydrogen-bond acceptors (Lipinski definition) is 5. The first-order valence-electron chi connectivity index (χ1n) is 10.3. The maximum absolute atomic E-state index is 12.7. The standard InChI is InChI=1S/C23H20Cl2N6O/c24-18-7-6-17(20(25)12-18)14-31-22-19(13-28-31)21(26-15-27-22)29-8-10-30(11-9-29)23(32)16-4-2-1-3-5-16/h1-7,12-13,15H,8-11,14H2. The first-order valence-corrected chi connectivity index (χ1v) is 11.1. The zero-order valence-corrected chi connectivity index (χ0v) is 18.7. The molecule has 1 aliphatic heterocycles. The van der Waals surface area contributed by atoms with Crippen LogP contribution in [0.15, 0.2) is 61.1 Å². The molecule has 0 aliphatic carbocycles. The van der Waals surface area contributed by atoms with Crippen molar-refractivity contribution in [3.05, 3.63) is 82.2 Å². The molecule has 5 rings (SSSR count). The summed E-state index contributed by atoms with van der Waals surface area (Å²) >= 11 is 12.3. The lowest BCUT2D eigenvalue weighted by Crippen LogP contribution is -2.49. The number of amides is 1. The summed E-state index contributed by atoms with van der Waals surface area (Å²) in [7, 11) is 0. The third-order valence-corrected chi connectivity index (χ3v) is 6.22. The normalized spacial score (nSPS) is 14.2. The maximum atomic E-state index is 12.7. The molecule has 1 aliphatic rings. The van der Waals surface area contributed by atoms with Crippen LogP contribution in [0.1, 0.15) is 15.9 Å². The van der Waals surface area contributed by atoms with Crippen LogP contribution in [0.2, 0.25) is 10.0 Å². The lowest BCUT2D eigenvalue weighted by Gasteiger charge is -2.35. The van der Waals surface area contributed by atoms with Gasteiger partial charge in [0.2, 0.25) is 0 Å². The zero-order chi connectivity index (χ0) is 22.1. The molecule has 2 aromatic carbocycles. The number of rotatable bonds is 4. The monoisotopic (exact) mass is 466 g/mol. The van der Waals surface area contributed by atoms with Gasteiger partial charge in [0.1, 0.15) is 12.1 Å². The molecule has 162 valence electrons. The van der Waals surface area contributed by atoms with Gasteiger partial charge in [-0.25, -0.2) is 14.6 Å². The molecule has 9 heteroatoms. The van der Waals surface area contributed by atoms with Gasteiger partial charge in [0.05, 0.1) is 18.1 Å². The van der Waals surface area contributed by atoms with Crippen molar-refractivity contribution >= 4 is 46.0 Å². The lowest BCUT2D eigenvalue weighted by molar-refractivity contribution is 0.0746. The predicted molar refractivity (Wildman–Crippen MR) is 125 cm³/mol. The van der Waals surface area contributed by atoms with Crippen molar-refractivity contribution in [2.45, 2.75) is 6.54 Å². The Kier molecular flexibility index (Phi) is 5.68. The van der Waals surface area contributed by atoms with E-state index in [-0.39, 0.29) is 5.91 Å². The summed E-state index contributed by atoms with van der Waals surface area (Å²) in [6.45, 7) is 3.13. The number of nitrogens with zero attached hydrogens (tertiary/aromatic N) is 6. The predicted octanol–water partition coefficient (Wildman–Crippen LogP) is 4.14. The van der Waals surface area contributed by atoms with Gasteiger partial charge in [-0.1, -0.05) is 47.5 Å². The van der Waals surface area contributed by atoms with Crippen LogP contribution in [0.25, 0.3) is 11.0 Å². The molecule has 4 aromatic rings. The summed E-state index contributed by atoms with van der Waals surface area (Å²) in [4.78, 5) is 25.8. The van der Waals surface area contributed by atoms with Gasteiger partial charge in [0, 0.05) is 41.8 Å². The van der Waals surface area contributed by atoms with E-state index >= 15 is 0 Å². The van der Waals surface area contributed by atoms with E-state index in [2.05, 4.69) is 20.0 Å². The van der Waals surface area contributed by atoms with E-state index in [1.165, 1.54) is 0 Å². The Morgan fingerprint density at radius 1 is 0.969 bits per heavy atom. The Bertz CT molecular complexity index is 1270. The molecule has 0 saturated carbocycles. The van der Waals surface area contributed by atoms with Gasteiger partial charge >= 0.3 is 0 Å². The maximum Gasteiger partial charge on any atom is 0.253 e. The molecule has 1 fully saturated rings. The van der Waals surface area contributed by atoms with Crippen LogP contribution < -0.4 is 4.90 Å². The molecule has 0 radical (unpaired) electrons. The van der Waals surface area contributed by atoms with Crippen LogP contribution in [0, 0.1) is 0 Å². The molecule has 0 spiro atoms. The molecule has 1 amide bonds. The minimum atomic E-state index is 0.0609. The van der Waals surface area contributed by atoms with Crippen LogP contribution in [0.3, 0.4) is 0 Å². The first-order chi connectivity index (χ1) is 15.6. The molecule has 2 aromatic heterocycles. The van der Waals surface area contributed by atoms with Gasteiger partial charge < -0.3 is 9.80 Å².